The van der Waals surface area contributed by atoms with Crippen LogP contribution in [0.1, 0.15) is 72.6 Å². The van der Waals surface area contributed by atoms with Gasteiger partial charge in [0.25, 0.3) is 0 Å². The molecule has 4 nitrogen and oxygen atoms in total. The van der Waals surface area contributed by atoms with Gasteiger partial charge in [-0.15, -0.1) is 0 Å². The van der Waals surface area contributed by atoms with Crippen molar-refractivity contribution >= 4 is 6.09 Å². The lowest BCUT2D eigenvalue weighted by atomic mass is 9.83. The Kier molecular flexibility index (Phi) is 6.35. The minimum atomic E-state index is -0.405. The summed E-state index contributed by atoms with van der Waals surface area (Å²) in [6.07, 6.45) is 8.99. The van der Waals surface area contributed by atoms with Crippen LogP contribution < -0.4 is 5.32 Å². The second-order valence-corrected chi connectivity index (χ2v) is 8.63. The van der Waals surface area contributed by atoms with E-state index in [1.807, 2.05) is 25.7 Å². The lowest BCUT2D eigenvalue weighted by Gasteiger charge is -2.35. The maximum absolute atomic E-state index is 12.2. The van der Waals surface area contributed by atoms with E-state index in [9.17, 15) is 4.79 Å². The Labute approximate surface area is 142 Å². The lowest BCUT2D eigenvalue weighted by Crippen LogP contribution is -2.45. The molecular weight excluding hydrogens is 288 g/mol. The number of rotatable bonds is 5. The highest BCUT2D eigenvalue weighted by Crippen LogP contribution is 2.40. The molecule has 0 radical (unpaired) electrons. The number of carbonyl (C=O) groups excluding carboxylic acids is 1. The first kappa shape index (κ1) is 18.6. The monoisotopic (exact) mass is 324 g/mol. The van der Waals surface area contributed by atoms with Crippen molar-refractivity contribution in [1.29, 1.82) is 0 Å². The highest BCUT2D eigenvalue weighted by molar-refractivity contribution is 5.68. The van der Waals surface area contributed by atoms with Gasteiger partial charge in [-0.05, 0) is 70.8 Å². The topological polar surface area (TPSA) is 41.6 Å². The predicted octanol–water partition coefficient (Wildman–Crippen LogP) is 4.19. The Morgan fingerprint density at radius 1 is 1.26 bits per heavy atom. The molecule has 1 amide bonds. The number of ether oxygens (including phenoxy) is 1. The zero-order valence-electron chi connectivity index (χ0n) is 15.6. The van der Waals surface area contributed by atoms with Crippen LogP contribution in [0.2, 0.25) is 0 Å². The van der Waals surface area contributed by atoms with Crippen LogP contribution in [0.3, 0.4) is 0 Å². The summed E-state index contributed by atoms with van der Waals surface area (Å²) >= 11 is 0. The standard InChI is InChI=1S/C19H36N2O2/c1-5-19(10-6-7-11-19)15-20-13-16-9-8-12-21(14-16)17(22)23-18(2,3)4/h16,20H,5-15H2,1-4H3. The number of piperidine rings is 1. The molecule has 1 saturated carbocycles. The molecule has 0 aromatic rings. The average Bonchev–Trinajstić information content (AvgIpc) is 2.95. The van der Waals surface area contributed by atoms with E-state index in [0.29, 0.717) is 11.3 Å². The van der Waals surface area contributed by atoms with E-state index in [1.54, 1.807) is 0 Å². The summed E-state index contributed by atoms with van der Waals surface area (Å²) in [5, 5.41) is 3.72. The third kappa shape index (κ3) is 5.66. The third-order valence-corrected chi connectivity index (χ3v) is 5.52. The Morgan fingerprint density at radius 2 is 1.96 bits per heavy atom. The molecule has 0 aromatic carbocycles. The van der Waals surface area contributed by atoms with Crippen molar-refractivity contribution in [2.75, 3.05) is 26.2 Å². The van der Waals surface area contributed by atoms with E-state index in [0.717, 1.165) is 32.6 Å². The molecular formula is C19H36N2O2. The van der Waals surface area contributed by atoms with Gasteiger partial charge in [0.1, 0.15) is 5.60 Å². The number of hydrogen-bond donors (Lipinski definition) is 1. The largest absolute Gasteiger partial charge is 0.444 e. The molecule has 1 atom stereocenters. The highest BCUT2D eigenvalue weighted by atomic mass is 16.6. The molecule has 2 fully saturated rings. The van der Waals surface area contributed by atoms with Crippen molar-refractivity contribution in [3.05, 3.63) is 0 Å². The number of nitrogens with zero attached hydrogens (tertiary/aromatic N) is 1. The second-order valence-electron chi connectivity index (χ2n) is 8.63. The van der Waals surface area contributed by atoms with Crippen molar-refractivity contribution < 1.29 is 9.53 Å². The molecule has 1 saturated heterocycles. The van der Waals surface area contributed by atoms with Crippen LogP contribution in [0, 0.1) is 11.3 Å². The van der Waals surface area contributed by atoms with Crippen LogP contribution in [-0.4, -0.2) is 42.8 Å². The quantitative estimate of drug-likeness (QED) is 0.824. The van der Waals surface area contributed by atoms with Crippen LogP contribution in [0.15, 0.2) is 0 Å². The summed E-state index contributed by atoms with van der Waals surface area (Å²) in [6.45, 7) is 12.0. The van der Waals surface area contributed by atoms with Gasteiger partial charge in [-0.1, -0.05) is 19.8 Å². The first-order valence-corrected chi connectivity index (χ1v) is 9.52. The third-order valence-electron chi connectivity index (χ3n) is 5.52. The molecule has 2 aliphatic rings. The van der Waals surface area contributed by atoms with Gasteiger partial charge in [-0.3, -0.25) is 0 Å². The van der Waals surface area contributed by atoms with Crippen molar-refractivity contribution in [1.82, 2.24) is 10.2 Å². The number of likely N-dealkylation sites (tertiary alicyclic amines) is 1. The molecule has 4 heteroatoms. The summed E-state index contributed by atoms with van der Waals surface area (Å²) < 4.78 is 5.51. The highest BCUT2D eigenvalue weighted by Gasteiger charge is 2.32. The summed E-state index contributed by atoms with van der Waals surface area (Å²) in [6, 6.07) is 0. The fourth-order valence-electron chi connectivity index (χ4n) is 4.05. The maximum atomic E-state index is 12.2. The summed E-state index contributed by atoms with van der Waals surface area (Å²) in [7, 11) is 0. The first-order chi connectivity index (χ1) is 10.8. The van der Waals surface area contributed by atoms with Crippen molar-refractivity contribution in [2.45, 2.75) is 78.2 Å². The van der Waals surface area contributed by atoms with Gasteiger partial charge in [0.2, 0.25) is 0 Å². The molecule has 1 heterocycles. The van der Waals surface area contributed by atoms with Gasteiger partial charge in [0, 0.05) is 19.6 Å². The van der Waals surface area contributed by atoms with E-state index < -0.39 is 5.60 Å². The smallest absolute Gasteiger partial charge is 0.410 e. The summed E-state index contributed by atoms with van der Waals surface area (Å²) in [5.74, 6) is 0.562. The number of nitrogens with one attached hydrogen (secondary N) is 1. The minimum Gasteiger partial charge on any atom is -0.444 e. The molecule has 1 unspecified atom stereocenters. The van der Waals surface area contributed by atoms with Gasteiger partial charge >= 0.3 is 6.09 Å². The van der Waals surface area contributed by atoms with Crippen LogP contribution in [0.5, 0.6) is 0 Å². The number of amides is 1. The fraction of sp³-hybridized carbons (Fsp3) is 0.947. The fourth-order valence-corrected chi connectivity index (χ4v) is 4.05. The summed E-state index contributed by atoms with van der Waals surface area (Å²) in [5.41, 5.74) is 0.137. The molecule has 1 aliphatic heterocycles. The average molecular weight is 325 g/mol. The van der Waals surface area contributed by atoms with Crippen LogP contribution in [-0.2, 0) is 4.74 Å². The van der Waals surface area contributed by atoms with Crippen LogP contribution >= 0.6 is 0 Å². The molecule has 2 rings (SSSR count). The van der Waals surface area contributed by atoms with Crippen molar-refractivity contribution in [3.8, 4) is 0 Å². The van der Waals surface area contributed by atoms with E-state index in [2.05, 4.69) is 12.2 Å². The summed E-state index contributed by atoms with van der Waals surface area (Å²) in [4.78, 5) is 14.1. The Hall–Kier alpha value is -0.770. The van der Waals surface area contributed by atoms with E-state index in [-0.39, 0.29) is 6.09 Å². The van der Waals surface area contributed by atoms with E-state index in [1.165, 1.54) is 38.5 Å². The van der Waals surface area contributed by atoms with Gasteiger partial charge in [0.05, 0.1) is 0 Å². The maximum Gasteiger partial charge on any atom is 0.410 e. The SMILES string of the molecule is CCC1(CNCC2CCCN(C(=O)OC(C)(C)C)C2)CCCC1. The number of hydrogen-bond acceptors (Lipinski definition) is 3. The zero-order valence-corrected chi connectivity index (χ0v) is 15.6. The second kappa shape index (κ2) is 7.87. The normalized spacial score (nSPS) is 24.7. The number of carbonyl (C=O) groups is 1. The molecule has 1 N–H and O–H groups in total. The van der Waals surface area contributed by atoms with E-state index >= 15 is 0 Å². The molecule has 134 valence electrons. The Balaban J connectivity index is 1.74. The van der Waals surface area contributed by atoms with Crippen LogP contribution in [0.25, 0.3) is 0 Å². The first-order valence-electron chi connectivity index (χ1n) is 9.52. The van der Waals surface area contributed by atoms with Crippen molar-refractivity contribution in [2.24, 2.45) is 11.3 Å². The molecule has 23 heavy (non-hydrogen) atoms. The lowest BCUT2D eigenvalue weighted by molar-refractivity contribution is 0.0165. The Bertz CT molecular complexity index is 383. The van der Waals surface area contributed by atoms with Crippen LogP contribution in [0.4, 0.5) is 4.79 Å². The molecule has 0 spiro atoms. The van der Waals surface area contributed by atoms with Gasteiger partial charge in [-0.25, -0.2) is 4.79 Å². The van der Waals surface area contributed by atoms with Gasteiger partial charge < -0.3 is 15.0 Å². The van der Waals surface area contributed by atoms with Gasteiger partial charge in [-0.2, -0.15) is 0 Å². The van der Waals surface area contributed by atoms with Gasteiger partial charge in [0.15, 0.2) is 0 Å². The van der Waals surface area contributed by atoms with E-state index in [4.69, 9.17) is 4.74 Å². The van der Waals surface area contributed by atoms with Crippen molar-refractivity contribution in [3.63, 3.8) is 0 Å². The molecule has 1 aliphatic carbocycles. The zero-order chi connectivity index (χ0) is 16.9. The predicted molar refractivity (Wildman–Crippen MR) is 94.6 cm³/mol. The minimum absolute atomic E-state index is 0.150. The molecule has 0 aromatic heterocycles. The molecule has 0 bridgehead atoms. The Morgan fingerprint density at radius 3 is 2.57 bits per heavy atom.